The minimum absolute atomic E-state index is 0.0414. The molecule has 2 aromatic carbocycles. The first-order valence-corrected chi connectivity index (χ1v) is 10.7. The first kappa shape index (κ1) is 21.7. The minimum atomic E-state index is -0.717. The Hall–Kier alpha value is -3.52. The number of ether oxygens (including phenoxy) is 1. The molecule has 0 aliphatic carbocycles. The average molecular weight is 434 g/mol. The summed E-state index contributed by atoms with van der Waals surface area (Å²) in [5.74, 6) is -0.620. The molecule has 32 heavy (non-hydrogen) atoms. The van der Waals surface area contributed by atoms with Gasteiger partial charge in [0, 0.05) is 13.2 Å². The Bertz CT molecular complexity index is 1260. The molecular weight excluding hydrogens is 408 g/mol. The monoisotopic (exact) mass is 434 g/mol. The number of rotatable bonds is 6. The number of nitrogens with one attached hydrogen (secondary N) is 1. The van der Waals surface area contributed by atoms with Gasteiger partial charge in [-0.05, 0) is 49.9 Å². The second-order valence-corrected chi connectivity index (χ2v) is 8.11. The van der Waals surface area contributed by atoms with Crippen LogP contribution in [0.3, 0.4) is 0 Å². The molecule has 0 bridgehead atoms. The third kappa shape index (κ3) is 4.70. The van der Waals surface area contributed by atoms with Gasteiger partial charge in [0.05, 0.1) is 18.3 Å². The van der Waals surface area contributed by atoms with E-state index in [1.807, 2.05) is 44.2 Å². The van der Waals surface area contributed by atoms with E-state index in [2.05, 4.69) is 10.4 Å². The van der Waals surface area contributed by atoms with Crippen molar-refractivity contribution in [3.05, 3.63) is 91.8 Å². The highest BCUT2D eigenvalue weighted by molar-refractivity contribution is 5.91. The molecule has 3 aromatic rings. The van der Waals surface area contributed by atoms with Crippen LogP contribution in [0.4, 0.5) is 0 Å². The zero-order chi connectivity index (χ0) is 22.7. The highest BCUT2D eigenvalue weighted by Crippen LogP contribution is 2.11. The quantitative estimate of drug-likeness (QED) is 0.640. The molecule has 1 atom stereocenters. The van der Waals surface area contributed by atoms with E-state index in [4.69, 9.17) is 4.74 Å². The summed E-state index contributed by atoms with van der Waals surface area (Å²) in [7, 11) is 0. The predicted octanol–water partition coefficient (Wildman–Crippen LogP) is 1.97. The van der Waals surface area contributed by atoms with Crippen molar-refractivity contribution in [3.8, 4) is 5.69 Å². The number of amides is 1. The Balaban J connectivity index is 1.77. The summed E-state index contributed by atoms with van der Waals surface area (Å²) in [6.45, 7) is 4.84. The van der Waals surface area contributed by atoms with Gasteiger partial charge in [-0.1, -0.05) is 42.0 Å². The lowest BCUT2D eigenvalue weighted by atomic mass is 10.1. The molecule has 0 radical (unpaired) electrons. The van der Waals surface area contributed by atoms with Crippen LogP contribution in [0.1, 0.15) is 40.0 Å². The lowest BCUT2D eigenvalue weighted by Gasteiger charge is -2.14. The minimum Gasteiger partial charge on any atom is -0.376 e. The standard InChI is InChI=1S/C24H26N4O4/c1-16-6-3-8-18(12-16)15-27-23(30)21(22(29)25-14-20-10-5-11-32-20)26-28(24(27)31)19-9-4-7-17(2)13-19/h3-4,6-9,12-13,20H,5,10-11,14-15H2,1-2H3,(H,25,29)/t20-/m0/s1. The van der Waals surface area contributed by atoms with Crippen LogP contribution in [-0.4, -0.2) is 39.5 Å². The fourth-order valence-electron chi connectivity index (χ4n) is 3.81. The van der Waals surface area contributed by atoms with Gasteiger partial charge in [0.1, 0.15) is 0 Å². The van der Waals surface area contributed by atoms with Crippen molar-refractivity contribution in [2.45, 2.75) is 39.3 Å². The highest BCUT2D eigenvalue weighted by Gasteiger charge is 2.22. The number of hydrogen-bond donors (Lipinski definition) is 1. The molecule has 1 fully saturated rings. The second kappa shape index (κ2) is 9.32. The van der Waals surface area contributed by atoms with E-state index in [1.54, 1.807) is 18.2 Å². The molecule has 0 saturated carbocycles. The molecular formula is C24H26N4O4. The van der Waals surface area contributed by atoms with Crippen LogP contribution < -0.4 is 16.6 Å². The molecule has 8 heteroatoms. The topological polar surface area (TPSA) is 95.2 Å². The Labute approximate surface area is 185 Å². The summed E-state index contributed by atoms with van der Waals surface area (Å²) in [6, 6.07) is 14.7. The van der Waals surface area contributed by atoms with Gasteiger partial charge in [0.15, 0.2) is 0 Å². The Kier molecular flexibility index (Phi) is 6.32. The van der Waals surface area contributed by atoms with Gasteiger partial charge in [-0.2, -0.15) is 9.78 Å². The van der Waals surface area contributed by atoms with Crippen LogP contribution in [0.5, 0.6) is 0 Å². The molecule has 4 rings (SSSR count). The molecule has 1 N–H and O–H groups in total. The summed E-state index contributed by atoms with van der Waals surface area (Å²) < 4.78 is 7.71. The fourth-order valence-corrected chi connectivity index (χ4v) is 3.81. The number of carbonyl (C=O) groups excluding carboxylic acids is 1. The van der Waals surface area contributed by atoms with Gasteiger partial charge in [-0.15, -0.1) is 0 Å². The van der Waals surface area contributed by atoms with Gasteiger partial charge in [-0.25, -0.2) is 4.79 Å². The number of hydrogen-bond acceptors (Lipinski definition) is 5. The summed E-state index contributed by atoms with van der Waals surface area (Å²) in [4.78, 5) is 39.3. The smallest absolute Gasteiger partial charge is 0.352 e. The van der Waals surface area contributed by atoms with E-state index in [0.717, 1.165) is 38.8 Å². The Morgan fingerprint density at radius 1 is 1.12 bits per heavy atom. The first-order valence-electron chi connectivity index (χ1n) is 10.7. The van der Waals surface area contributed by atoms with Crippen LogP contribution in [-0.2, 0) is 11.3 Å². The molecule has 1 amide bonds. The van der Waals surface area contributed by atoms with Crippen molar-refractivity contribution in [3.63, 3.8) is 0 Å². The number of aromatic nitrogens is 3. The lowest BCUT2D eigenvalue weighted by molar-refractivity contribution is 0.0849. The van der Waals surface area contributed by atoms with E-state index in [9.17, 15) is 14.4 Å². The van der Waals surface area contributed by atoms with Gasteiger partial charge in [-0.3, -0.25) is 14.2 Å². The summed E-state index contributed by atoms with van der Waals surface area (Å²) in [6.07, 6.45) is 1.73. The van der Waals surface area contributed by atoms with E-state index in [-0.39, 0.29) is 18.3 Å². The molecule has 8 nitrogen and oxygen atoms in total. The molecule has 0 spiro atoms. The zero-order valence-electron chi connectivity index (χ0n) is 18.2. The largest absolute Gasteiger partial charge is 0.376 e. The molecule has 0 unspecified atom stereocenters. The van der Waals surface area contributed by atoms with Crippen LogP contribution in [0, 0.1) is 13.8 Å². The molecule has 1 aliphatic heterocycles. The van der Waals surface area contributed by atoms with Crippen molar-refractivity contribution >= 4 is 5.91 Å². The van der Waals surface area contributed by atoms with Crippen molar-refractivity contribution in [2.24, 2.45) is 0 Å². The number of aryl methyl sites for hydroxylation is 2. The van der Waals surface area contributed by atoms with Crippen LogP contribution in [0.15, 0.2) is 58.1 Å². The normalized spacial score (nSPS) is 15.6. The summed E-state index contributed by atoms with van der Waals surface area (Å²) in [5.41, 5.74) is 1.58. The van der Waals surface area contributed by atoms with E-state index < -0.39 is 17.2 Å². The maximum atomic E-state index is 13.2. The van der Waals surface area contributed by atoms with Crippen LogP contribution in [0.2, 0.25) is 0 Å². The first-order chi connectivity index (χ1) is 15.4. The van der Waals surface area contributed by atoms with Gasteiger partial charge in [0.2, 0.25) is 5.69 Å². The van der Waals surface area contributed by atoms with Crippen molar-refractivity contribution < 1.29 is 9.53 Å². The third-order valence-corrected chi connectivity index (χ3v) is 5.46. The molecule has 1 saturated heterocycles. The van der Waals surface area contributed by atoms with E-state index >= 15 is 0 Å². The van der Waals surface area contributed by atoms with Gasteiger partial charge in [0.25, 0.3) is 11.5 Å². The van der Waals surface area contributed by atoms with Crippen molar-refractivity contribution in [1.29, 1.82) is 0 Å². The SMILES string of the molecule is Cc1cccc(Cn2c(=O)c(C(=O)NC[C@@H]3CCCO3)nn(-c3cccc(C)c3)c2=O)c1. The number of nitrogens with zero attached hydrogens (tertiary/aromatic N) is 3. The Morgan fingerprint density at radius 2 is 1.88 bits per heavy atom. The molecule has 166 valence electrons. The lowest BCUT2D eigenvalue weighted by Crippen LogP contribution is -2.46. The van der Waals surface area contributed by atoms with Crippen molar-refractivity contribution in [1.82, 2.24) is 19.7 Å². The molecule has 2 heterocycles. The number of benzene rings is 2. The highest BCUT2D eigenvalue weighted by atomic mass is 16.5. The summed E-state index contributed by atoms with van der Waals surface area (Å²) >= 11 is 0. The van der Waals surface area contributed by atoms with E-state index in [1.165, 1.54) is 0 Å². The third-order valence-electron chi connectivity index (χ3n) is 5.46. The fraction of sp³-hybridized carbons (Fsp3) is 0.333. The zero-order valence-corrected chi connectivity index (χ0v) is 18.2. The van der Waals surface area contributed by atoms with E-state index in [0.29, 0.717) is 18.8 Å². The van der Waals surface area contributed by atoms with Crippen LogP contribution >= 0.6 is 0 Å². The van der Waals surface area contributed by atoms with Gasteiger partial charge >= 0.3 is 5.69 Å². The van der Waals surface area contributed by atoms with Crippen molar-refractivity contribution in [2.75, 3.05) is 13.2 Å². The van der Waals surface area contributed by atoms with Crippen LogP contribution in [0.25, 0.3) is 5.69 Å². The molecule has 1 aliphatic rings. The predicted molar refractivity (Wildman–Crippen MR) is 120 cm³/mol. The maximum Gasteiger partial charge on any atom is 0.352 e. The second-order valence-electron chi connectivity index (χ2n) is 8.11. The maximum absolute atomic E-state index is 13.2. The number of carbonyl (C=O) groups is 1. The molecule has 1 aromatic heterocycles. The average Bonchev–Trinajstić information content (AvgIpc) is 3.29. The van der Waals surface area contributed by atoms with Gasteiger partial charge < -0.3 is 10.1 Å². The Morgan fingerprint density at radius 3 is 2.56 bits per heavy atom. The summed E-state index contributed by atoms with van der Waals surface area (Å²) in [5, 5.41) is 6.90.